The molecule has 0 radical (unpaired) electrons. The number of nitrogens with one attached hydrogen (secondary N) is 1. The van der Waals surface area contributed by atoms with E-state index >= 15 is 0 Å². The van der Waals surface area contributed by atoms with E-state index in [0.29, 0.717) is 5.58 Å². The average molecular weight is 248 g/mol. The summed E-state index contributed by atoms with van der Waals surface area (Å²) in [6.45, 7) is 0.993. The van der Waals surface area contributed by atoms with Crippen LogP contribution in [0.15, 0.2) is 27.4 Å². The normalized spacial score (nSPS) is 17.0. The summed E-state index contributed by atoms with van der Waals surface area (Å²) in [6.07, 6.45) is 2.14. The predicted molar refractivity (Wildman–Crippen MR) is 68.7 cm³/mol. The molecule has 2 N–H and O–H groups in total. The average Bonchev–Trinajstić information content (AvgIpc) is 3.11. The maximum Gasteiger partial charge on any atom is 0.419 e. The molecule has 0 spiro atoms. The number of rotatable bonds is 4. The largest absolute Gasteiger partial charge is 0.419 e. The molecule has 2 aromatic rings. The van der Waals surface area contributed by atoms with Crippen LogP contribution < -0.4 is 11.1 Å². The van der Waals surface area contributed by atoms with Gasteiger partial charge in [-0.05, 0) is 31.0 Å². The monoisotopic (exact) mass is 248 g/mol. The van der Waals surface area contributed by atoms with Crippen molar-refractivity contribution in [2.75, 3.05) is 18.5 Å². The van der Waals surface area contributed by atoms with Gasteiger partial charge in [-0.2, -0.15) is 0 Å². The van der Waals surface area contributed by atoms with Gasteiger partial charge < -0.3 is 14.8 Å². The van der Waals surface area contributed by atoms with Crippen LogP contribution in [0, 0.1) is 5.41 Å². The van der Waals surface area contributed by atoms with E-state index in [2.05, 4.69) is 5.32 Å². The van der Waals surface area contributed by atoms with Crippen LogP contribution in [0.5, 0.6) is 0 Å². The number of hydrogen-bond donors (Lipinski definition) is 2. The van der Waals surface area contributed by atoms with Crippen LogP contribution >= 0.6 is 0 Å². The van der Waals surface area contributed by atoms with E-state index in [1.54, 1.807) is 13.1 Å². The Morgan fingerprint density at radius 3 is 2.94 bits per heavy atom. The fourth-order valence-electron chi connectivity index (χ4n) is 2.09. The Balaban J connectivity index is 1.84. The van der Waals surface area contributed by atoms with Crippen molar-refractivity contribution in [3.8, 4) is 0 Å². The number of anilines is 1. The first kappa shape index (κ1) is 11.3. The van der Waals surface area contributed by atoms with E-state index in [-0.39, 0.29) is 17.8 Å². The number of nitrogens with zero attached hydrogens (tertiary/aromatic N) is 1. The quantitative estimate of drug-likeness (QED) is 0.856. The molecule has 3 rings (SSSR count). The summed E-state index contributed by atoms with van der Waals surface area (Å²) in [5.41, 5.74) is 2.38. The maximum atomic E-state index is 11.4. The van der Waals surface area contributed by atoms with Crippen molar-refractivity contribution >= 4 is 16.8 Å². The molecule has 1 aromatic carbocycles. The van der Waals surface area contributed by atoms with Crippen molar-refractivity contribution in [3.63, 3.8) is 0 Å². The number of aliphatic hydroxyl groups is 1. The van der Waals surface area contributed by atoms with E-state index in [1.165, 1.54) is 4.57 Å². The summed E-state index contributed by atoms with van der Waals surface area (Å²) in [6, 6.07) is 5.57. The highest BCUT2D eigenvalue weighted by atomic mass is 16.4. The third kappa shape index (κ3) is 1.80. The lowest BCUT2D eigenvalue weighted by Gasteiger charge is -2.13. The van der Waals surface area contributed by atoms with Gasteiger partial charge in [0.25, 0.3) is 0 Å². The molecule has 1 aromatic heterocycles. The van der Waals surface area contributed by atoms with Gasteiger partial charge in [-0.15, -0.1) is 0 Å². The van der Waals surface area contributed by atoms with Gasteiger partial charge in [-0.1, -0.05) is 0 Å². The van der Waals surface area contributed by atoms with Crippen molar-refractivity contribution in [1.82, 2.24) is 4.57 Å². The second-order valence-corrected chi connectivity index (χ2v) is 5.12. The molecule has 1 fully saturated rings. The number of aliphatic hydroxyl groups excluding tert-OH is 1. The molecule has 5 heteroatoms. The van der Waals surface area contributed by atoms with Crippen LogP contribution in [-0.2, 0) is 7.05 Å². The van der Waals surface area contributed by atoms with Gasteiger partial charge in [-0.25, -0.2) is 4.79 Å². The fraction of sp³-hybridized carbons (Fsp3) is 0.462. The number of aromatic nitrogens is 1. The van der Waals surface area contributed by atoms with E-state index in [0.717, 1.165) is 30.6 Å². The molecule has 0 aliphatic heterocycles. The highest BCUT2D eigenvalue weighted by Gasteiger charge is 2.41. The fourth-order valence-corrected chi connectivity index (χ4v) is 2.09. The second kappa shape index (κ2) is 3.88. The molecular weight excluding hydrogens is 232 g/mol. The van der Waals surface area contributed by atoms with Gasteiger partial charge in [-0.3, -0.25) is 4.57 Å². The first-order valence-electron chi connectivity index (χ1n) is 6.08. The Kier molecular flexibility index (Phi) is 2.45. The number of fused-ring (bicyclic) bond motifs is 1. The van der Waals surface area contributed by atoms with Gasteiger partial charge in [0.15, 0.2) is 5.58 Å². The third-order valence-corrected chi connectivity index (χ3v) is 3.75. The molecule has 0 amide bonds. The van der Waals surface area contributed by atoms with Gasteiger partial charge >= 0.3 is 5.76 Å². The van der Waals surface area contributed by atoms with Crippen LogP contribution in [0.1, 0.15) is 12.8 Å². The molecular formula is C13H16N2O3. The summed E-state index contributed by atoms with van der Waals surface area (Å²) in [5, 5.41) is 12.6. The molecule has 1 heterocycles. The standard InChI is InChI=1S/C13H16N2O3/c1-15-10-6-9(2-3-11(10)18-12(15)17)14-7-13(8-16)4-5-13/h2-3,6,14,16H,4-5,7-8H2,1H3. The minimum absolute atomic E-state index is 0.0667. The molecule has 1 aliphatic rings. The van der Waals surface area contributed by atoms with Crippen LogP contribution in [0.4, 0.5) is 5.69 Å². The van der Waals surface area contributed by atoms with E-state index < -0.39 is 0 Å². The van der Waals surface area contributed by atoms with Crippen LogP contribution in [0.25, 0.3) is 11.1 Å². The zero-order valence-electron chi connectivity index (χ0n) is 10.3. The molecule has 96 valence electrons. The van der Waals surface area contributed by atoms with Crippen molar-refractivity contribution in [3.05, 3.63) is 28.7 Å². The van der Waals surface area contributed by atoms with Crippen molar-refractivity contribution in [2.24, 2.45) is 12.5 Å². The van der Waals surface area contributed by atoms with Gasteiger partial charge in [0.2, 0.25) is 0 Å². The van der Waals surface area contributed by atoms with Crippen LogP contribution in [0.3, 0.4) is 0 Å². The van der Waals surface area contributed by atoms with Crippen molar-refractivity contribution in [2.45, 2.75) is 12.8 Å². The summed E-state index contributed by atoms with van der Waals surface area (Å²) in [4.78, 5) is 11.4. The molecule has 0 saturated heterocycles. The lowest BCUT2D eigenvalue weighted by atomic mass is 10.1. The van der Waals surface area contributed by atoms with Crippen molar-refractivity contribution in [1.29, 1.82) is 0 Å². The first-order chi connectivity index (χ1) is 8.63. The first-order valence-corrected chi connectivity index (χ1v) is 6.08. The molecule has 0 unspecified atom stereocenters. The molecule has 18 heavy (non-hydrogen) atoms. The lowest BCUT2D eigenvalue weighted by Crippen LogP contribution is -2.19. The summed E-state index contributed by atoms with van der Waals surface area (Å²) in [7, 11) is 1.69. The summed E-state index contributed by atoms with van der Waals surface area (Å²) < 4.78 is 6.56. The smallest absolute Gasteiger partial charge is 0.408 e. The Morgan fingerprint density at radius 2 is 2.28 bits per heavy atom. The maximum absolute atomic E-state index is 11.4. The molecule has 5 nitrogen and oxygen atoms in total. The Morgan fingerprint density at radius 1 is 1.50 bits per heavy atom. The van der Waals surface area contributed by atoms with Gasteiger partial charge in [0, 0.05) is 24.7 Å². The number of oxazole rings is 1. The van der Waals surface area contributed by atoms with Crippen LogP contribution in [0.2, 0.25) is 0 Å². The van der Waals surface area contributed by atoms with E-state index in [9.17, 15) is 9.90 Å². The lowest BCUT2D eigenvalue weighted by molar-refractivity contribution is 0.220. The highest BCUT2D eigenvalue weighted by molar-refractivity contribution is 5.77. The summed E-state index contributed by atoms with van der Waals surface area (Å²) in [5.74, 6) is -0.351. The predicted octanol–water partition coefficient (Wildman–Crippen LogP) is 1.32. The summed E-state index contributed by atoms with van der Waals surface area (Å²) >= 11 is 0. The highest BCUT2D eigenvalue weighted by Crippen LogP contribution is 2.44. The Hall–Kier alpha value is -1.75. The van der Waals surface area contributed by atoms with E-state index in [4.69, 9.17) is 4.42 Å². The topological polar surface area (TPSA) is 67.4 Å². The van der Waals surface area contributed by atoms with Gasteiger partial charge in [0.1, 0.15) is 0 Å². The van der Waals surface area contributed by atoms with Gasteiger partial charge in [0.05, 0.1) is 12.1 Å². The van der Waals surface area contributed by atoms with Crippen molar-refractivity contribution < 1.29 is 9.52 Å². The Labute approximate surface area is 104 Å². The number of aryl methyl sites for hydroxylation is 1. The molecule has 1 aliphatic carbocycles. The Bertz CT molecular complexity index is 637. The van der Waals surface area contributed by atoms with E-state index in [1.807, 2.05) is 12.1 Å². The third-order valence-electron chi connectivity index (χ3n) is 3.75. The van der Waals surface area contributed by atoms with Crippen LogP contribution in [-0.4, -0.2) is 22.8 Å². The minimum Gasteiger partial charge on any atom is -0.408 e. The molecule has 0 bridgehead atoms. The second-order valence-electron chi connectivity index (χ2n) is 5.12. The SMILES string of the molecule is Cn1c(=O)oc2ccc(NCC3(CO)CC3)cc21. The zero-order valence-corrected chi connectivity index (χ0v) is 10.3. The number of hydrogen-bond acceptors (Lipinski definition) is 4. The number of benzene rings is 1. The minimum atomic E-state index is -0.351. The molecule has 1 saturated carbocycles. The molecule has 0 atom stereocenters. The zero-order chi connectivity index (χ0) is 12.8.